The zero-order chi connectivity index (χ0) is 35.7. The number of nitrogens with zero attached hydrogens (tertiary/aromatic N) is 1. The highest BCUT2D eigenvalue weighted by atomic mass is 32.2. The van der Waals surface area contributed by atoms with E-state index in [4.69, 9.17) is 25.5 Å². The number of benzene rings is 1. The van der Waals surface area contributed by atoms with Crippen molar-refractivity contribution in [2.45, 2.75) is 75.5 Å². The number of thioether (sulfide) groups is 1. The molecule has 4 atom stereocenters. The van der Waals surface area contributed by atoms with Crippen molar-refractivity contribution in [2.24, 2.45) is 11.8 Å². The molecule has 264 valence electrons. The number of aldehydes is 1. The van der Waals surface area contributed by atoms with Crippen molar-refractivity contribution in [1.82, 2.24) is 5.32 Å². The molecule has 0 bridgehead atoms. The summed E-state index contributed by atoms with van der Waals surface area (Å²) in [4.78, 5) is 55.4. The Morgan fingerprint density at radius 1 is 0.979 bits per heavy atom. The van der Waals surface area contributed by atoms with Crippen molar-refractivity contribution < 1.29 is 51.1 Å². The van der Waals surface area contributed by atoms with Crippen LogP contribution in [0.25, 0.3) is 4.85 Å². The van der Waals surface area contributed by atoms with Gasteiger partial charge in [-0.2, -0.15) is 8.42 Å². The Hall–Kier alpha value is -3.03. The van der Waals surface area contributed by atoms with Crippen molar-refractivity contribution in [2.75, 3.05) is 46.4 Å². The molecular formula is C32H48N2O11S2. The molecule has 1 amide bonds. The van der Waals surface area contributed by atoms with Gasteiger partial charge in [0, 0.05) is 45.3 Å². The zero-order valence-electron chi connectivity index (χ0n) is 28.0. The normalized spacial score (nSPS) is 14.9. The van der Waals surface area contributed by atoms with Crippen LogP contribution >= 0.6 is 11.8 Å². The number of carbonyl (C=O) groups is 4. The van der Waals surface area contributed by atoms with Crippen LogP contribution in [0.3, 0.4) is 0 Å². The number of esters is 2. The molecule has 13 nitrogen and oxygen atoms in total. The van der Waals surface area contributed by atoms with Crippen LogP contribution in [-0.2, 0) is 49.2 Å². The van der Waals surface area contributed by atoms with E-state index >= 15 is 0 Å². The molecule has 0 aromatic heterocycles. The van der Waals surface area contributed by atoms with E-state index in [1.807, 2.05) is 6.92 Å². The van der Waals surface area contributed by atoms with Gasteiger partial charge in [-0.1, -0.05) is 31.2 Å². The number of carbonyl (C=O) groups excluding carboxylic acids is 4. The molecule has 4 unspecified atom stereocenters. The maximum Gasteiger partial charge on any atom is 0.309 e. The Morgan fingerprint density at radius 2 is 1.53 bits per heavy atom. The third-order valence-corrected chi connectivity index (χ3v) is 9.78. The van der Waals surface area contributed by atoms with Crippen LogP contribution in [0.1, 0.15) is 69.3 Å². The monoisotopic (exact) mass is 700 g/mol. The van der Waals surface area contributed by atoms with Crippen LogP contribution < -0.4 is 5.32 Å². The molecule has 0 saturated heterocycles. The lowest BCUT2D eigenvalue weighted by molar-refractivity contribution is -0.155. The minimum atomic E-state index is -4.44. The fourth-order valence-corrected chi connectivity index (χ4v) is 6.84. The standard InChI is InChI=1S/C32H48N2O11S2/c1-8-32(4,33-5)19-26(30(38)45-16-14-43-7)17-25(29(37)44-15-13-42-6)18-27(28(36)34-31(2,3)22-47(39,40)41)46-21-24-11-9-23(20-35)10-12-24/h9-12,20,25-27H,8,13-19,21-22H2,1-4,6-7H3,(H,34,36)(H,39,40,41). The lowest BCUT2D eigenvalue weighted by atomic mass is 9.81. The largest absolute Gasteiger partial charge is 0.463 e. The summed E-state index contributed by atoms with van der Waals surface area (Å²) < 4.78 is 53.5. The van der Waals surface area contributed by atoms with Crippen molar-refractivity contribution in [3.63, 3.8) is 0 Å². The Kier molecular flexibility index (Phi) is 18.2. The van der Waals surface area contributed by atoms with E-state index in [9.17, 15) is 32.1 Å². The van der Waals surface area contributed by atoms with Crippen LogP contribution in [0.4, 0.5) is 0 Å². The summed E-state index contributed by atoms with van der Waals surface area (Å²) >= 11 is 1.18. The molecule has 0 spiro atoms. The summed E-state index contributed by atoms with van der Waals surface area (Å²) in [6.45, 7) is 14.3. The number of nitrogens with one attached hydrogen (secondary N) is 1. The molecule has 0 heterocycles. The number of rotatable bonds is 23. The highest BCUT2D eigenvalue weighted by Gasteiger charge is 2.40. The second kappa shape index (κ2) is 20.4. The summed E-state index contributed by atoms with van der Waals surface area (Å²) in [5.74, 6) is -4.25. The van der Waals surface area contributed by atoms with Gasteiger partial charge in [0.15, 0.2) is 0 Å². The van der Waals surface area contributed by atoms with Gasteiger partial charge in [-0.3, -0.25) is 23.7 Å². The van der Waals surface area contributed by atoms with E-state index in [1.54, 1.807) is 31.2 Å². The number of amides is 1. The molecule has 0 saturated carbocycles. The van der Waals surface area contributed by atoms with Crippen molar-refractivity contribution in [3.8, 4) is 0 Å². The Labute approximate surface area is 282 Å². The number of hydrogen-bond acceptors (Lipinski definition) is 11. The van der Waals surface area contributed by atoms with E-state index in [0.29, 0.717) is 18.3 Å². The summed E-state index contributed by atoms with van der Waals surface area (Å²) in [6.07, 6.45) is 1.04. The Bertz CT molecular complexity index is 1310. The first-order valence-electron chi connectivity index (χ1n) is 15.1. The molecule has 0 aliphatic carbocycles. The second-order valence-corrected chi connectivity index (χ2v) is 14.8. The fraction of sp³-hybridized carbons (Fsp3) is 0.656. The van der Waals surface area contributed by atoms with Gasteiger partial charge in [-0.15, -0.1) is 11.8 Å². The third kappa shape index (κ3) is 16.6. The minimum absolute atomic E-state index is 0.0255. The maximum absolute atomic E-state index is 13.7. The maximum atomic E-state index is 13.7. The molecule has 0 aliphatic heterocycles. The average Bonchev–Trinajstić information content (AvgIpc) is 3.00. The van der Waals surface area contributed by atoms with Crippen molar-refractivity contribution in [1.29, 1.82) is 0 Å². The van der Waals surface area contributed by atoms with E-state index in [-0.39, 0.29) is 51.4 Å². The molecule has 1 rings (SSSR count). The fourth-order valence-electron chi connectivity index (χ4n) is 4.69. The highest BCUT2D eigenvalue weighted by Crippen LogP contribution is 2.34. The molecule has 0 aliphatic rings. The van der Waals surface area contributed by atoms with Crippen molar-refractivity contribution >= 4 is 46.0 Å². The summed E-state index contributed by atoms with van der Waals surface area (Å²) in [6, 6.07) is 6.72. The smallest absolute Gasteiger partial charge is 0.309 e. The van der Waals surface area contributed by atoms with E-state index in [1.165, 1.54) is 39.8 Å². The molecule has 1 aromatic rings. The van der Waals surface area contributed by atoms with E-state index < -0.39 is 61.9 Å². The molecule has 15 heteroatoms. The quantitative estimate of drug-likeness (QED) is 0.0557. The predicted octanol–water partition coefficient (Wildman–Crippen LogP) is 3.75. The second-order valence-electron chi connectivity index (χ2n) is 12.1. The SMILES string of the molecule is [C-]#[N+]C(C)(CC)CC(CC(CC(SCc1ccc(C=O)cc1)C(=O)NC(C)(C)CS(=O)(=O)O)C(=O)OCCOC)C(=O)OCCOC. The van der Waals surface area contributed by atoms with Gasteiger partial charge in [0.05, 0.1) is 41.6 Å². The summed E-state index contributed by atoms with van der Waals surface area (Å²) in [5.41, 5.74) is -1.03. The van der Waals surface area contributed by atoms with E-state index in [2.05, 4.69) is 10.2 Å². The molecule has 1 aromatic carbocycles. The highest BCUT2D eigenvalue weighted by molar-refractivity contribution is 7.99. The van der Waals surface area contributed by atoms with Crippen LogP contribution in [-0.4, -0.2) is 99.8 Å². The van der Waals surface area contributed by atoms with Gasteiger partial charge < -0.3 is 29.1 Å². The lowest BCUT2D eigenvalue weighted by Crippen LogP contribution is -2.51. The summed E-state index contributed by atoms with van der Waals surface area (Å²) in [7, 11) is -1.54. The number of ether oxygens (including phenoxy) is 4. The average molecular weight is 701 g/mol. The molecule has 0 radical (unpaired) electrons. The first-order valence-corrected chi connectivity index (χ1v) is 17.8. The molecule has 2 N–H and O–H groups in total. The molecule has 47 heavy (non-hydrogen) atoms. The molecule has 0 fully saturated rings. The number of methoxy groups -OCH3 is 2. The van der Waals surface area contributed by atoms with E-state index in [0.717, 1.165) is 5.56 Å². The van der Waals surface area contributed by atoms with Crippen LogP contribution in [0, 0.1) is 18.4 Å². The van der Waals surface area contributed by atoms with Gasteiger partial charge in [0.25, 0.3) is 10.1 Å². The van der Waals surface area contributed by atoms with Crippen LogP contribution in [0.5, 0.6) is 0 Å². The Morgan fingerprint density at radius 3 is 2.00 bits per heavy atom. The number of hydrogen-bond donors (Lipinski definition) is 2. The van der Waals surface area contributed by atoms with Crippen molar-refractivity contribution in [3.05, 3.63) is 46.8 Å². The van der Waals surface area contributed by atoms with Crippen LogP contribution in [0.15, 0.2) is 24.3 Å². The minimum Gasteiger partial charge on any atom is -0.463 e. The van der Waals surface area contributed by atoms with Gasteiger partial charge in [0.2, 0.25) is 11.4 Å². The topological polar surface area (TPSA) is 176 Å². The van der Waals surface area contributed by atoms with Gasteiger partial charge >= 0.3 is 11.9 Å². The van der Waals surface area contributed by atoms with Gasteiger partial charge in [0.1, 0.15) is 19.5 Å². The third-order valence-electron chi connectivity index (χ3n) is 7.38. The first kappa shape index (κ1) is 42.0. The van der Waals surface area contributed by atoms with Gasteiger partial charge in [-0.25, -0.2) is 6.57 Å². The summed E-state index contributed by atoms with van der Waals surface area (Å²) in [5, 5.41) is 1.71. The predicted molar refractivity (Wildman–Crippen MR) is 177 cm³/mol. The van der Waals surface area contributed by atoms with Gasteiger partial charge in [-0.05, 0) is 32.3 Å². The lowest BCUT2D eigenvalue weighted by Gasteiger charge is -2.30. The molecular weight excluding hydrogens is 652 g/mol. The zero-order valence-corrected chi connectivity index (χ0v) is 29.6. The first-order chi connectivity index (χ1) is 22.0. The Balaban J connectivity index is 3.51. The van der Waals surface area contributed by atoms with Crippen LogP contribution in [0.2, 0.25) is 0 Å².